The van der Waals surface area contributed by atoms with Crippen LogP contribution in [0.2, 0.25) is 0 Å². The third-order valence-electron chi connectivity index (χ3n) is 3.54. The number of carboxylic acid groups (broad SMARTS) is 1. The summed E-state index contributed by atoms with van der Waals surface area (Å²) in [5, 5.41) is 11.4. The molecule has 0 spiro atoms. The van der Waals surface area contributed by atoms with E-state index in [-0.39, 0.29) is 36.5 Å². The molecule has 1 fully saturated rings. The zero-order chi connectivity index (χ0) is 16.9. The minimum absolute atomic E-state index is 0.0213. The van der Waals surface area contributed by atoms with Crippen LogP contribution in [-0.4, -0.2) is 49.6 Å². The van der Waals surface area contributed by atoms with Crippen molar-refractivity contribution in [3.8, 4) is 5.75 Å². The van der Waals surface area contributed by atoms with E-state index in [9.17, 15) is 18.0 Å². The summed E-state index contributed by atoms with van der Waals surface area (Å²) in [7, 11) is -3.04. The van der Waals surface area contributed by atoms with E-state index in [0.29, 0.717) is 24.2 Å². The van der Waals surface area contributed by atoms with Crippen molar-refractivity contribution in [2.75, 3.05) is 18.1 Å². The number of hydrogen-bond donors (Lipinski definition) is 2. The van der Waals surface area contributed by atoms with E-state index in [0.717, 1.165) is 0 Å². The van der Waals surface area contributed by atoms with E-state index in [1.807, 2.05) is 0 Å². The second-order valence-electron chi connectivity index (χ2n) is 5.46. The molecule has 1 atom stereocenters. The number of rotatable bonds is 7. The molecule has 1 aromatic carbocycles. The van der Waals surface area contributed by atoms with E-state index in [2.05, 4.69) is 5.32 Å². The zero-order valence-corrected chi connectivity index (χ0v) is 13.3. The van der Waals surface area contributed by atoms with Crippen molar-refractivity contribution in [2.24, 2.45) is 0 Å². The number of carbonyl (C=O) groups is 2. The Balaban J connectivity index is 1.85. The Morgan fingerprint density at radius 3 is 2.70 bits per heavy atom. The number of carbonyl (C=O) groups excluding carboxylic acids is 1. The Labute approximate surface area is 134 Å². The predicted molar refractivity (Wildman–Crippen MR) is 83.1 cm³/mol. The highest BCUT2D eigenvalue weighted by Crippen LogP contribution is 2.19. The van der Waals surface area contributed by atoms with Crippen LogP contribution in [0.3, 0.4) is 0 Å². The van der Waals surface area contributed by atoms with Crippen molar-refractivity contribution in [3.63, 3.8) is 0 Å². The van der Waals surface area contributed by atoms with Gasteiger partial charge >= 0.3 is 5.97 Å². The van der Waals surface area contributed by atoms with Crippen LogP contribution in [0.25, 0.3) is 0 Å². The quantitative estimate of drug-likeness (QED) is 0.742. The van der Waals surface area contributed by atoms with Crippen LogP contribution in [0.4, 0.5) is 0 Å². The van der Waals surface area contributed by atoms with Crippen LogP contribution in [0.5, 0.6) is 5.75 Å². The average molecular weight is 341 g/mol. The molecule has 126 valence electrons. The Kier molecular flexibility index (Phi) is 5.59. The third kappa shape index (κ3) is 5.55. The van der Waals surface area contributed by atoms with Gasteiger partial charge in [0.2, 0.25) is 0 Å². The molecule has 2 N–H and O–H groups in total. The summed E-state index contributed by atoms with van der Waals surface area (Å²) in [6.45, 7) is -0.235. The van der Waals surface area contributed by atoms with E-state index in [1.165, 1.54) is 0 Å². The zero-order valence-electron chi connectivity index (χ0n) is 12.5. The first kappa shape index (κ1) is 17.3. The molecule has 1 aliphatic heterocycles. The van der Waals surface area contributed by atoms with Crippen LogP contribution in [0, 0.1) is 0 Å². The Morgan fingerprint density at radius 1 is 1.30 bits per heavy atom. The van der Waals surface area contributed by atoms with Gasteiger partial charge in [0.1, 0.15) is 5.75 Å². The molecule has 0 aliphatic carbocycles. The molecular weight excluding hydrogens is 322 g/mol. The fourth-order valence-electron chi connectivity index (χ4n) is 2.41. The first-order valence-corrected chi connectivity index (χ1v) is 9.10. The maximum absolute atomic E-state index is 11.8. The molecule has 1 saturated heterocycles. The van der Waals surface area contributed by atoms with Crippen LogP contribution < -0.4 is 10.1 Å². The lowest BCUT2D eigenvalue weighted by atomic mass is 10.1. The standard InChI is InChI=1S/C15H19NO6S/c17-14(16-12-7-8-23(20,21)10-12)9-22-13-4-2-1-3-11(13)5-6-15(18)19/h1-4,12H,5-10H2,(H,16,17)(H,18,19). The van der Waals surface area contributed by atoms with Gasteiger partial charge in [0.15, 0.2) is 16.4 Å². The highest BCUT2D eigenvalue weighted by molar-refractivity contribution is 7.91. The summed E-state index contributed by atoms with van der Waals surface area (Å²) in [6, 6.07) is 6.57. The van der Waals surface area contributed by atoms with E-state index < -0.39 is 15.8 Å². The Bertz CT molecular complexity index is 685. The molecule has 0 saturated carbocycles. The first-order chi connectivity index (χ1) is 10.9. The number of benzene rings is 1. The summed E-state index contributed by atoms with van der Waals surface area (Å²) < 4.78 is 28.1. The number of hydrogen-bond acceptors (Lipinski definition) is 5. The van der Waals surface area contributed by atoms with Crippen LogP contribution >= 0.6 is 0 Å². The van der Waals surface area contributed by atoms with Gasteiger partial charge in [-0.1, -0.05) is 18.2 Å². The highest BCUT2D eigenvalue weighted by Gasteiger charge is 2.28. The van der Waals surface area contributed by atoms with E-state index in [1.54, 1.807) is 24.3 Å². The molecule has 23 heavy (non-hydrogen) atoms. The van der Waals surface area contributed by atoms with E-state index in [4.69, 9.17) is 9.84 Å². The lowest BCUT2D eigenvalue weighted by Crippen LogP contribution is -2.38. The summed E-state index contributed by atoms with van der Waals surface area (Å²) in [5.41, 5.74) is 0.714. The number of aliphatic carboxylic acids is 1. The topological polar surface area (TPSA) is 110 Å². The van der Waals surface area contributed by atoms with Gasteiger partial charge in [-0.3, -0.25) is 9.59 Å². The number of para-hydroxylation sites is 1. The first-order valence-electron chi connectivity index (χ1n) is 7.28. The lowest BCUT2D eigenvalue weighted by Gasteiger charge is -2.13. The second-order valence-corrected chi connectivity index (χ2v) is 7.69. The molecule has 1 unspecified atom stereocenters. The summed E-state index contributed by atoms with van der Waals surface area (Å²) in [6.07, 6.45) is 0.712. The normalized spacial score (nSPS) is 19.2. The molecule has 8 heteroatoms. The van der Waals surface area contributed by atoms with Gasteiger partial charge in [-0.25, -0.2) is 8.42 Å². The minimum Gasteiger partial charge on any atom is -0.483 e. The van der Waals surface area contributed by atoms with Gasteiger partial charge in [-0.15, -0.1) is 0 Å². The maximum atomic E-state index is 11.8. The van der Waals surface area contributed by atoms with E-state index >= 15 is 0 Å². The minimum atomic E-state index is -3.04. The summed E-state index contributed by atoms with van der Waals surface area (Å²) in [4.78, 5) is 22.5. The molecule has 1 aromatic rings. The Hall–Kier alpha value is -2.09. The van der Waals surface area contributed by atoms with Gasteiger partial charge in [0.05, 0.1) is 11.5 Å². The van der Waals surface area contributed by atoms with Crippen LogP contribution in [-0.2, 0) is 25.8 Å². The highest BCUT2D eigenvalue weighted by atomic mass is 32.2. The smallest absolute Gasteiger partial charge is 0.303 e. The molecule has 0 bridgehead atoms. The predicted octanol–water partition coefficient (Wildman–Crippen LogP) is 0.386. The molecule has 0 aromatic heterocycles. The maximum Gasteiger partial charge on any atom is 0.303 e. The number of amides is 1. The van der Waals surface area contributed by atoms with Crippen molar-refractivity contribution in [2.45, 2.75) is 25.3 Å². The number of ether oxygens (including phenoxy) is 1. The van der Waals surface area contributed by atoms with Crippen molar-refractivity contribution in [3.05, 3.63) is 29.8 Å². The molecule has 0 radical (unpaired) electrons. The molecule has 1 aliphatic rings. The Morgan fingerprint density at radius 2 is 2.04 bits per heavy atom. The third-order valence-corrected chi connectivity index (χ3v) is 5.31. The fraction of sp³-hybridized carbons (Fsp3) is 0.467. The monoisotopic (exact) mass is 341 g/mol. The fourth-order valence-corrected chi connectivity index (χ4v) is 4.09. The average Bonchev–Trinajstić information content (AvgIpc) is 2.82. The number of carboxylic acids is 1. The van der Waals surface area contributed by atoms with Gasteiger partial charge in [0.25, 0.3) is 5.91 Å². The van der Waals surface area contributed by atoms with Crippen molar-refractivity contribution >= 4 is 21.7 Å². The number of nitrogens with one attached hydrogen (secondary N) is 1. The van der Waals surface area contributed by atoms with Gasteiger partial charge in [-0.05, 0) is 24.5 Å². The van der Waals surface area contributed by atoms with Gasteiger partial charge in [-0.2, -0.15) is 0 Å². The van der Waals surface area contributed by atoms with Gasteiger partial charge in [0, 0.05) is 12.5 Å². The molecule has 7 nitrogen and oxygen atoms in total. The number of aryl methyl sites for hydroxylation is 1. The van der Waals surface area contributed by atoms with Crippen molar-refractivity contribution in [1.82, 2.24) is 5.32 Å². The lowest BCUT2D eigenvalue weighted by molar-refractivity contribution is -0.137. The SMILES string of the molecule is O=C(O)CCc1ccccc1OCC(=O)NC1CCS(=O)(=O)C1. The summed E-state index contributed by atoms with van der Waals surface area (Å²) >= 11 is 0. The molecule has 1 amide bonds. The summed E-state index contributed by atoms with van der Waals surface area (Å²) in [5.74, 6) is -0.770. The van der Waals surface area contributed by atoms with Crippen molar-refractivity contribution in [1.29, 1.82) is 0 Å². The van der Waals surface area contributed by atoms with Crippen LogP contribution in [0.1, 0.15) is 18.4 Å². The molecule has 1 heterocycles. The molecule has 2 rings (SSSR count). The van der Waals surface area contributed by atoms with Gasteiger partial charge < -0.3 is 15.2 Å². The largest absolute Gasteiger partial charge is 0.483 e. The van der Waals surface area contributed by atoms with Crippen LogP contribution in [0.15, 0.2) is 24.3 Å². The number of sulfone groups is 1. The van der Waals surface area contributed by atoms with Crippen molar-refractivity contribution < 1.29 is 27.9 Å². The molecular formula is C15H19NO6S. The second kappa shape index (κ2) is 7.45.